The van der Waals surface area contributed by atoms with E-state index in [0.717, 1.165) is 23.0 Å². The lowest BCUT2D eigenvalue weighted by atomic mass is 9.98. The molecule has 1 N–H and O–H groups in total. The Morgan fingerprint density at radius 3 is 2.50 bits per heavy atom. The van der Waals surface area contributed by atoms with Gasteiger partial charge in [0.1, 0.15) is 0 Å². The van der Waals surface area contributed by atoms with Gasteiger partial charge in [0.2, 0.25) is 0 Å². The molecule has 0 aliphatic rings. The number of hydrogen-bond donors (Lipinski definition) is 1. The van der Waals surface area contributed by atoms with Gasteiger partial charge in [0.15, 0.2) is 5.43 Å². The average Bonchev–Trinajstić information content (AvgIpc) is 2.27. The summed E-state index contributed by atoms with van der Waals surface area (Å²) in [5, 5.41) is 0.800. The average molecular weight is 243 g/mol. The zero-order valence-electron chi connectivity index (χ0n) is 11.6. The lowest BCUT2D eigenvalue weighted by Gasteiger charge is -2.12. The Balaban J connectivity index is 2.68. The predicted octanol–water partition coefficient (Wildman–Crippen LogP) is 3.85. The van der Waals surface area contributed by atoms with Crippen molar-refractivity contribution in [2.75, 3.05) is 0 Å². The Labute approximate surface area is 108 Å². The van der Waals surface area contributed by atoms with Crippen LogP contribution >= 0.6 is 0 Å². The van der Waals surface area contributed by atoms with E-state index in [9.17, 15) is 4.79 Å². The van der Waals surface area contributed by atoms with Crippen molar-refractivity contribution >= 4 is 10.9 Å². The summed E-state index contributed by atoms with van der Waals surface area (Å²) in [6, 6.07) is 7.71. The smallest absolute Gasteiger partial charge is 0.189 e. The van der Waals surface area contributed by atoms with Crippen LogP contribution in [-0.2, 0) is 6.42 Å². The first-order valence-electron chi connectivity index (χ1n) is 6.64. The summed E-state index contributed by atoms with van der Waals surface area (Å²) in [6.45, 7) is 8.64. The zero-order valence-corrected chi connectivity index (χ0v) is 11.6. The van der Waals surface area contributed by atoms with Gasteiger partial charge in [-0.2, -0.15) is 0 Å². The number of nitrogens with one attached hydrogen (secondary N) is 1. The van der Waals surface area contributed by atoms with E-state index in [1.54, 1.807) is 6.07 Å². The van der Waals surface area contributed by atoms with E-state index in [1.807, 2.05) is 12.1 Å². The van der Waals surface area contributed by atoms with Crippen molar-refractivity contribution < 1.29 is 0 Å². The third kappa shape index (κ3) is 2.47. The van der Waals surface area contributed by atoms with Gasteiger partial charge in [0, 0.05) is 17.1 Å². The minimum Gasteiger partial charge on any atom is -0.358 e. The Morgan fingerprint density at radius 1 is 1.17 bits per heavy atom. The monoisotopic (exact) mass is 243 g/mol. The van der Waals surface area contributed by atoms with E-state index in [-0.39, 0.29) is 5.43 Å². The molecule has 2 heteroatoms. The van der Waals surface area contributed by atoms with Crippen molar-refractivity contribution in [3.63, 3.8) is 0 Å². The highest BCUT2D eigenvalue weighted by molar-refractivity contribution is 5.82. The van der Waals surface area contributed by atoms with Gasteiger partial charge in [-0.1, -0.05) is 39.8 Å². The maximum atomic E-state index is 12.1. The molecule has 0 amide bonds. The minimum absolute atomic E-state index is 0.127. The number of aromatic nitrogens is 1. The molecule has 0 fully saturated rings. The second-order valence-electron chi connectivity index (χ2n) is 5.68. The number of para-hydroxylation sites is 1. The van der Waals surface area contributed by atoms with Crippen LogP contribution in [0.1, 0.15) is 44.9 Å². The molecule has 0 aliphatic carbocycles. The first-order valence-corrected chi connectivity index (χ1v) is 6.64. The summed E-state index contributed by atoms with van der Waals surface area (Å²) in [7, 11) is 0. The molecule has 18 heavy (non-hydrogen) atoms. The molecule has 0 bridgehead atoms. The summed E-state index contributed by atoms with van der Waals surface area (Å²) in [5.74, 6) is 0.961. The van der Waals surface area contributed by atoms with Gasteiger partial charge in [0.05, 0.1) is 5.52 Å². The molecular formula is C16H21NO. The van der Waals surface area contributed by atoms with Gasteiger partial charge in [-0.05, 0) is 29.9 Å². The molecule has 2 rings (SSSR count). The number of rotatable bonds is 3. The topological polar surface area (TPSA) is 32.9 Å². The molecule has 0 saturated carbocycles. The van der Waals surface area contributed by atoms with E-state index in [4.69, 9.17) is 0 Å². The fourth-order valence-corrected chi connectivity index (χ4v) is 2.38. The number of hydrogen-bond acceptors (Lipinski definition) is 1. The fraction of sp³-hybridized carbons (Fsp3) is 0.438. The molecule has 2 nitrogen and oxygen atoms in total. The summed E-state index contributed by atoms with van der Waals surface area (Å²) in [6.07, 6.45) is 0.914. The Kier molecular flexibility index (Phi) is 3.55. The lowest BCUT2D eigenvalue weighted by molar-refractivity contribution is 0.636. The molecule has 1 aromatic carbocycles. The summed E-state index contributed by atoms with van der Waals surface area (Å²) >= 11 is 0. The summed E-state index contributed by atoms with van der Waals surface area (Å²) in [5.41, 5.74) is 3.39. The molecular weight excluding hydrogens is 222 g/mol. The van der Waals surface area contributed by atoms with E-state index in [1.165, 1.54) is 5.56 Å². The summed E-state index contributed by atoms with van der Waals surface area (Å²) in [4.78, 5) is 15.6. The molecule has 0 atom stereocenters. The third-order valence-corrected chi connectivity index (χ3v) is 3.20. The van der Waals surface area contributed by atoms with Gasteiger partial charge in [-0.3, -0.25) is 4.79 Å². The predicted molar refractivity (Wildman–Crippen MR) is 77.2 cm³/mol. The van der Waals surface area contributed by atoms with Crippen LogP contribution in [0.4, 0.5) is 0 Å². The van der Waals surface area contributed by atoms with Crippen molar-refractivity contribution in [2.24, 2.45) is 5.92 Å². The Hall–Kier alpha value is -1.57. The molecule has 0 saturated heterocycles. The van der Waals surface area contributed by atoms with Crippen molar-refractivity contribution in [3.8, 4) is 0 Å². The van der Waals surface area contributed by atoms with E-state index >= 15 is 0 Å². The highest BCUT2D eigenvalue weighted by Gasteiger charge is 2.09. The Bertz CT molecular complexity index is 608. The quantitative estimate of drug-likeness (QED) is 0.872. The standard InChI is InChI=1S/C16H21NO/c1-10(2)8-12-9-15(18)14-7-5-6-13(11(3)4)16(14)17-12/h5-7,9-11H,8H2,1-4H3,(H,17,18). The highest BCUT2D eigenvalue weighted by atomic mass is 16.1. The van der Waals surface area contributed by atoms with Gasteiger partial charge in [-0.25, -0.2) is 0 Å². The second-order valence-corrected chi connectivity index (χ2v) is 5.68. The van der Waals surface area contributed by atoms with Gasteiger partial charge in [0.25, 0.3) is 0 Å². The lowest BCUT2D eigenvalue weighted by Crippen LogP contribution is -2.09. The Morgan fingerprint density at radius 2 is 1.89 bits per heavy atom. The molecule has 0 spiro atoms. The number of H-pyrrole nitrogens is 1. The highest BCUT2D eigenvalue weighted by Crippen LogP contribution is 2.22. The normalized spacial score (nSPS) is 11.7. The van der Waals surface area contributed by atoms with Crippen molar-refractivity contribution in [2.45, 2.75) is 40.0 Å². The van der Waals surface area contributed by atoms with Crippen molar-refractivity contribution in [3.05, 3.63) is 45.7 Å². The maximum Gasteiger partial charge on any atom is 0.189 e. The van der Waals surface area contributed by atoms with Crippen LogP contribution in [0.3, 0.4) is 0 Å². The molecule has 1 heterocycles. The first-order chi connectivity index (χ1) is 8.49. The van der Waals surface area contributed by atoms with Gasteiger partial charge in [-0.15, -0.1) is 0 Å². The number of fused-ring (bicyclic) bond motifs is 1. The molecule has 1 aromatic heterocycles. The molecule has 2 aromatic rings. The van der Waals surface area contributed by atoms with Crippen LogP contribution in [-0.4, -0.2) is 4.98 Å². The third-order valence-electron chi connectivity index (χ3n) is 3.20. The fourth-order valence-electron chi connectivity index (χ4n) is 2.38. The minimum atomic E-state index is 0.127. The van der Waals surface area contributed by atoms with Crippen molar-refractivity contribution in [1.29, 1.82) is 0 Å². The van der Waals surface area contributed by atoms with E-state index in [2.05, 4.69) is 38.7 Å². The number of benzene rings is 1. The van der Waals surface area contributed by atoms with Crippen LogP contribution in [0.25, 0.3) is 10.9 Å². The molecule has 0 aliphatic heterocycles. The SMILES string of the molecule is CC(C)Cc1cc(=O)c2cccc(C(C)C)c2[nH]1. The largest absolute Gasteiger partial charge is 0.358 e. The second kappa shape index (κ2) is 4.97. The molecule has 0 unspecified atom stereocenters. The zero-order chi connectivity index (χ0) is 13.3. The van der Waals surface area contributed by atoms with E-state index in [0.29, 0.717) is 11.8 Å². The van der Waals surface area contributed by atoms with Gasteiger partial charge >= 0.3 is 0 Å². The van der Waals surface area contributed by atoms with Crippen LogP contribution in [0.15, 0.2) is 29.1 Å². The number of aromatic amines is 1. The first kappa shape index (κ1) is 12.9. The van der Waals surface area contributed by atoms with Crippen molar-refractivity contribution in [1.82, 2.24) is 4.98 Å². The van der Waals surface area contributed by atoms with E-state index < -0.39 is 0 Å². The van der Waals surface area contributed by atoms with Crippen LogP contribution < -0.4 is 5.43 Å². The van der Waals surface area contributed by atoms with Crippen LogP contribution in [0, 0.1) is 5.92 Å². The molecule has 96 valence electrons. The molecule has 0 radical (unpaired) electrons. The summed E-state index contributed by atoms with van der Waals surface area (Å²) < 4.78 is 0. The maximum absolute atomic E-state index is 12.1. The van der Waals surface area contributed by atoms with Crippen LogP contribution in [0.2, 0.25) is 0 Å². The number of pyridine rings is 1. The van der Waals surface area contributed by atoms with Crippen LogP contribution in [0.5, 0.6) is 0 Å². The van der Waals surface area contributed by atoms with Gasteiger partial charge < -0.3 is 4.98 Å².